The van der Waals surface area contributed by atoms with Gasteiger partial charge in [-0.2, -0.15) is 0 Å². The number of hydrogen-bond acceptors (Lipinski definition) is 2. The molecule has 0 atom stereocenters. The zero-order valence-electron chi connectivity index (χ0n) is 9.67. The van der Waals surface area contributed by atoms with Gasteiger partial charge in [0.2, 0.25) is 0 Å². The van der Waals surface area contributed by atoms with Crippen LogP contribution in [-0.4, -0.2) is 9.97 Å². The molecule has 0 aliphatic rings. The first-order valence-electron chi connectivity index (χ1n) is 5.93. The van der Waals surface area contributed by atoms with Gasteiger partial charge in [0.15, 0.2) is 0 Å². The van der Waals surface area contributed by atoms with Gasteiger partial charge in [-0.25, -0.2) is 9.97 Å². The van der Waals surface area contributed by atoms with Crippen LogP contribution in [0.1, 0.15) is 0 Å². The highest BCUT2D eigenvalue weighted by atomic mass is 14.8. The van der Waals surface area contributed by atoms with E-state index in [-0.39, 0.29) is 0 Å². The van der Waals surface area contributed by atoms with Crippen molar-refractivity contribution >= 4 is 32.4 Å². The molecule has 0 fully saturated rings. The van der Waals surface area contributed by atoms with Crippen LogP contribution < -0.4 is 0 Å². The Bertz CT molecular complexity index is 875. The molecular weight excluding hydrogens is 220 g/mol. The maximum Gasteiger partial charge on any atom is 0.116 e. The Morgan fingerprint density at radius 3 is 2.44 bits per heavy atom. The fourth-order valence-electron chi connectivity index (χ4n) is 2.48. The zero-order valence-corrected chi connectivity index (χ0v) is 9.67. The minimum Gasteiger partial charge on any atom is -0.244 e. The number of fused-ring (bicyclic) bond motifs is 4. The van der Waals surface area contributed by atoms with E-state index in [0.717, 1.165) is 10.9 Å². The Hall–Kier alpha value is -2.48. The lowest BCUT2D eigenvalue weighted by Crippen LogP contribution is -1.83. The third-order valence-corrected chi connectivity index (χ3v) is 3.37. The number of nitrogens with zero attached hydrogens (tertiary/aromatic N) is 2. The summed E-state index contributed by atoms with van der Waals surface area (Å²) in [5.74, 6) is 0. The standard InChI is InChI=1S/C16H10N2/c1-2-4-12-8-14-13(7-11(12)3-1)5-6-16-15(14)9-17-10-18-16/h1-10H. The van der Waals surface area contributed by atoms with E-state index in [1.807, 2.05) is 12.3 Å². The molecule has 0 N–H and O–H groups in total. The Balaban J connectivity index is 2.27. The highest BCUT2D eigenvalue weighted by Gasteiger charge is 2.03. The van der Waals surface area contributed by atoms with E-state index < -0.39 is 0 Å². The summed E-state index contributed by atoms with van der Waals surface area (Å²) in [7, 11) is 0. The van der Waals surface area contributed by atoms with Crippen molar-refractivity contribution in [2.45, 2.75) is 0 Å². The van der Waals surface area contributed by atoms with Crippen molar-refractivity contribution in [3.8, 4) is 0 Å². The van der Waals surface area contributed by atoms with Gasteiger partial charge in [-0.3, -0.25) is 0 Å². The lowest BCUT2D eigenvalue weighted by molar-refractivity contribution is 1.23. The fraction of sp³-hybridized carbons (Fsp3) is 0. The van der Waals surface area contributed by atoms with Crippen LogP contribution in [0.3, 0.4) is 0 Å². The summed E-state index contributed by atoms with van der Waals surface area (Å²) in [5.41, 5.74) is 0.993. The predicted molar refractivity (Wildman–Crippen MR) is 74.6 cm³/mol. The number of rotatable bonds is 0. The quantitative estimate of drug-likeness (QED) is 0.338. The predicted octanol–water partition coefficient (Wildman–Crippen LogP) is 3.94. The second kappa shape index (κ2) is 3.50. The lowest BCUT2D eigenvalue weighted by atomic mass is 10.0. The molecule has 3 aromatic carbocycles. The molecule has 0 amide bonds. The van der Waals surface area contributed by atoms with Crippen molar-refractivity contribution in [2.24, 2.45) is 0 Å². The van der Waals surface area contributed by atoms with Gasteiger partial charge >= 0.3 is 0 Å². The molecule has 18 heavy (non-hydrogen) atoms. The van der Waals surface area contributed by atoms with E-state index in [1.54, 1.807) is 6.33 Å². The Kier molecular flexibility index (Phi) is 1.86. The molecule has 0 bridgehead atoms. The Labute approximate surface area is 104 Å². The first kappa shape index (κ1) is 9.54. The Morgan fingerprint density at radius 2 is 1.56 bits per heavy atom. The molecule has 2 heteroatoms. The van der Waals surface area contributed by atoms with Gasteiger partial charge in [0, 0.05) is 11.6 Å². The molecule has 0 spiro atoms. The van der Waals surface area contributed by atoms with Crippen molar-refractivity contribution in [2.75, 3.05) is 0 Å². The van der Waals surface area contributed by atoms with Gasteiger partial charge in [-0.1, -0.05) is 30.3 Å². The largest absolute Gasteiger partial charge is 0.244 e. The van der Waals surface area contributed by atoms with Crippen LogP contribution in [0.25, 0.3) is 32.4 Å². The maximum absolute atomic E-state index is 4.30. The number of hydrogen-bond donors (Lipinski definition) is 0. The average molecular weight is 230 g/mol. The van der Waals surface area contributed by atoms with Crippen LogP contribution in [0.5, 0.6) is 0 Å². The number of benzene rings is 3. The van der Waals surface area contributed by atoms with Crippen LogP contribution in [0.4, 0.5) is 0 Å². The molecule has 1 aromatic heterocycles. The molecule has 0 radical (unpaired) electrons. The topological polar surface area (TPSA) is 25.8 Å². The summed E-state index contributed by atoms with van der Waals surface area (Å²) in [4.78, 5) is 8.43. The van der Waals surface area contributed by atoms with E-state index in [4.69, 9.17) is 0 Å². The zero-order chi connectivity index (χ0) is 11.9. The second-order valence-corrected chi connectivity index (χ2v) is 4.44. The molecule has 2 nitrogen and oxygen atoms in total. The molecular formula is C16H10N2. The van der Waals surface area contributed by atoms with Gasteiger partial charge in [0.05, 0.1) is 5.52 Å². The summed E-state index contributed by atoms with van der Waals surface area (Å²) < 4.78 is 0. The fourth-order valence-corrected chi connectivity index (χ4v) is 2.48. The lowest BCUT2D eigenvalue weighted by Gasteiger charge is -2.05. The maximum atomic E-state index is 4.30. The molecule has 0 aliphatic heterocycles. The summed E-state index contributed by atoms with van der Waals surface area (Å²) >= 11 is 0. The van der Waals surface area contributed by atoms with E-state index in [1.165, 1.54) is 21.5 Å². The molecule has 4 rings (SSSR count). The SMILES string of the molecule is c1ccc2cc3c(ccc4ncncc43)cc2c1. The van der Waals surface area contributed by atoms with Crippen LogP contribution >= 0.6 is 0 Å². The summed E-state index contributed by atoms with van der Waals surface area (Å²) in [6, 6.07) is 17.0. The van der Waals surface area contributed by atoms with Crippen LogP contribution in [-0.2, 0) is 0 Å². The van der Waals surface area contributed by atoms with E-state index in [0.29, 0.717) is 0 Å². The second-order valence-electron chi connectivity index (χ2n) is 4.44. The van der Waals surface area contributed by atoms with E-state index >= 15 is 0 Å². The summed E-state index contributed by atoms with van der Waals surface area (Å²) in [6.07, 6.45) is 3.48. The van der Waals surface area contributed by atoms with E-state index in [9.17, 15) is 0 Å². The minimum absolute atomic E-state index is 0.993. The third-order valence-electron chi connectivity index (χ3n) is 3.37. The average Bonchev–Trinajstić information content (AvgIpc) is 2.45. The first-order chi connectivity index (χ1) is 8.92. The molecule has 4 aromatic rings. The number of aromatic nitrogens is 2. The molecule has 84 valence electrons. The molecule has 0 saturated carbocycles. The van der Waals surface area contributed by atoms with Crippen LogP contribution in [0.15, 0.2) is 61.1 Å². The van der Waals surface area contributed by atoms with Crippen molar-refractivity contribution < 1.29 is 0 Å². The molecule has 1 heterocycles. The minimum atomic E-state index is 0.993. The van der Waals surface area contributed by atoms with Gasteiger partial charge < -0.3 is 0 Å². The van der Waals surface area contributed by atoms with Crippen LogP contribution in [0.2, 0.25) is 0 Å². The van der Waals surface area contributed by atoms with E-state index in [2.05, 4.69) is 52.4 Å². The highest BCUT2D eigenvalue weighted by Crippen LogP contribution is 2.27. The van der Waals surface area contributed by atoms with Gasteiger partial charge in [0.25, 0.3) is 0 Å². The van der Waals surface area contributed by atoms with Crippen molar-refractivity contribution in [3.63, 3.8) is 0 Å². The smallest absolute Gasteiger partial charge is 0.116 e. The Morgan fingerprint density at radius 1 is 0.722 bits per heavy atom. The molecule has 0 unspecified atom stereocenters. The normalized spacial score (nSPS) is 11.3. The van der Waals surface area contributed by atoms with Gasteiger partial charge in [-0.15, -0.1) is 0 Å². The van der Waals surface area contributed by atoms with Gasteiger partial charge in [0.1, 0.15) is 6.33 Å². The molecule has 0 saturated heterocycles. The van der Waals surface area contributed by atoms with Crippen molar-refractivity contribution in [1.82, 2.24) is 9.97 Å². The highest BCUT2D eigenvalue weighted by molar-refractivity contribution is 6.10. The van der Waals surface area contributed by atoms with Gasteiger partial charge in [-0.05, 0) is 39.7 Å². The van der Waals surface area contributed by atoms with Crippen LogP contribution in [0, 0.1) is 0 Å². The molecule has 0 aliphatic carbocycles. The van der Waals surface area contributed by atoms with Crippen molar-refractivity contribution in [3.05, 3.63) is 61.1 Å². The monoisotopic (exact) mass is 230 g/mol. The summed E-state index contributed by atoms with van der Waals surface area (Å²) in [6.45, 7) is 0. The third kappa shape index (κ3) is 1.29. The summed E-state index contributed by atoms with van der Waals surface area (Å²) in [5, 5.41) is 6.08. The first-order valence-corrected chi connectivity index (χ1v) is 5.93. The van der Waals surface area contributed by atoms with Crippen molar-refractivity contribution in [1.29, 1.82) is 0 Å².